The van der Waals surface area contributed by atoms with E-state index >= 15 is 0 Å². The predicted octanol–water partition coefficient (Wildman–Crippen LogP) is 2.44. The van der Waals surface area contributed by atoms with Gasteiger partial charge in [0.15, 0.2) is 6.10 Å². The van der Waals surface area contributed by atoms with Gasteiger partial charge in [-0.25, -0.2) is 4.98 Å². The zero-order valence-corrected chi connectivity index (χ0v) is 16.0. The largest absolute Gasteiger partial charge is 0.356 e. The first-order valence-corrected chi connectivity index (χ1v) is 9.51. The van der Waals surface area contributed by atoms with Crippen molar-refractivity contribution in [3.8, 4) is 0 Å². The number of carbonyl (C=O) groups is 2. The number of aromatic nitrogens is 1. The van der Waals surface area contributed by atoms with Crippen molar-refractivity contribution >= 4 is 23.2 Å². The number of ether oxygens (including phenoxy) is 1. The Morgan fingerprint density at radius 2 is 2.12 bits per heavy atom. The van der Waals surface area contributed by atoms with Gasteiger partial charge in [0.2, 0.25) is 5.91 Å². The van der Waals surface area contributed by atoms with Crippen LogP contribution in [0.25, 0.3) is 0 Å². The highest BCUT2D eigenvalue weighted by Crippen LogP contribution is 2.32. The van der Waals surface area contributed by atoms with Crippen molar-refractivity contribution < 1.29 is 14.3 Å². The maximum atomic E-state index is 12.8. The number of thiazole rings is 1. The summed E-state index contributed by atoms with van der Waals surface area (Å²) in [5.74, 6) is -0.337. The van der Waals surface area contributed by atoms with Crippen LogP contribution >= 0.6 is 11.3 Å². The summed E-state index contributed by atoms with van der Waals surface area (Å²) in [4.78, 5) is 31.4. The summed E-state index contributed by atoms with van der Waals surface area (Å²) in [5, 5.41) is 5.78. The Morgan fingerprint density at radius 1 is 1.38 bits per heavy atom. The Morgan fingerprint density at radius 3 is 2.73 bits per heavy atom. The molecule has 0 saturated carbocycles. The molecular weight excluding hydrogens is 350 g/mol. The minimum atomic E-state index is -0.753. The van der Waals surface area contributed by atoms with E-state index in [1.165, 1.54) is 0 Å². The van der Waals surface area contributed by atoms with Crippen LogP contribution in [0.15, 0.2) is 35.7 Å². The molecule has 0 radical (unpaired) electrons. The van der Waals surface area contributed by atoms with Crippen LogP contribution < -0.4 is 5.32 Å². The molecule has 0 bridgehead atoms. The second-order valence-electron chi connectivity index (χ2n) is 6.56. The molecule has 7 heteroatoms. The van der Waals surface area contributed by atoms with E-state index in [-0.39, 0.29) is 24.5 Å². The van der Waals surface area contributed by atoms with E-state index in [9.17, 15) is 9.59 Å². The van der Waals surface area contributed by atoms with E-state index in [4.69, 9.17) is 4.74 Å². The molecule has 2 heterocycles. The molecule has 0 spiro atoms. The van der Waals surface area contributed by atoms with E-state index in [0.29, 0.717) is 6.54 Å². The van der Waals surface area contributed by atoms with Gasteiger partial charge >= 0.3 is 0 Å². The number of hydrogen-bond donors (Lipinski definition) is 1. The van der Waals surface area contributed by atoms with Gasteiger partial charge in [0.1, 0.15) is 6.61 Å². The molecule has 1 aliphatic rings. The summed E-state index contributed by atoms with van der Waals surface area (Å²) in [6.07, 6.45) is -0.753. The molecule has 2 unspecified atom stereocenters. The zero-order valence-electron chi connectivity index (χ0n) is 15.1. The monoisotopic (exact) mass is 373 g/mol. The van der Waals surface area contributed by atoms with Gasteiger partial charge in [0.05, 0.1) is 23.3 Å². The zero-order chi connectivity index (χ0) is 18.7. The van der Waals surface area contributed by atoms with Crippen molar-refractivity contribution in [3.63, 3.8) is 0 Å². The highest BCUT2D eigenvalue weighted by atomic mass is 32.1. The Kier molecular flexibility index (Phi) is 5.68. The fourth-order valence-electron chi connectivity index (χ4n) is 3.21. The summed E-state index contributed by atoms with van der Waals surface area (Å²) in [7, 11) is 0. The molecule has 1 aromatic carbocycles. The Hall–Kier alpha value is -2.25. The van der Waals surface area contributed by atoms with Crippen molar-refractivity contribution in [3.05, 3.63) is 52.0 Å². The molecule has 138 valence electrons. The molecule has 1 aliphatic heterocycles. The van der Waals surface area contributed by atoms with E-state index in [1.807, 2.05) is 56.5 Å². The second kappa shape index (κ2) is 7.97. The highest BCUT2D eigenvalue weighted by molar-refractivity contribution is 7.09. The minimum Gasteiger partial charge on any atom is -0.356 e. The standard InChI is InChI=1S/C19H23N3O3S/c1-12(2)22-16(23)10-25-18(17(22)14-7-5-4-6-8-14)19(24)20-9-15-11-26-13(3)21-15/h4-8,11-12,17-18H,9-10H2,1-3H3,(H,20,24). The molecule has 1 saturated heterocycles. The molecule has 1 fully saturated rings. The van der Waals surface area contributed by atoms with Crippen LogP contribution in [0, 0.1) is 6.92 Å². The van der Waals surface area contributed by atoms with Gasteiger partial charge in [-0.15, -0.1) is 11.3 Å². The van der Waals surface area contributed by atoms with E-state index < -0.39 is 12.1 Å². The van der Waals surface area contributed by atoms with Gasteiger partial charge in [-0.3, -0.25) is 9.59 Å². The number of morpholine rings is 1. The molecule has 1 aromatic heterocycles. The number of benzene rings is 1. The van der Waals surface area contributed by atoms with Crippen molar-refractivity contribution in [1.29, 1.82) is 0 Å². The maximum absolute atomic E-state index is 12.8. The smallest absolute Gasteiger partial charge is 0.252 e. The molecular formula is C19H23N3O3S. The molecule has 2 atom stereocenters. The first-order valence-electron chi connectivity index (χ1n) is 8.64. The summed E-state index contributed by atoms with van der Waals surface area (Å²) in [5.41, 5.74) is 1.71. The third-order valence-corrected chi connectivity index (χ3v) is 5.15. The van der Waals surface area contributed by atoms with Crippen molar-refractivity contribution in [2.75, 3.05) is 6.61 Å². The minimum absolute atomic E-state index is 0.0342. The maximum Gasteiger partial charge on any atom is 0.252 e. The Balaban J connectivity index is 1.82. The van der Waals surface area contributed by atoms with Crippen LogP contribution in [0.1, 0.15) is 36.2 Å². The average molecular weight is 373 g/mol. The van der Waals surface area contributed by atoms with Crippen LogP contribution in [0.2, 0.25) is 0 Å². The Labute approximate surface area is 157 Å². The number of aryl methyl sites for hydroxylation is 1. The van der Waals surface area contributed by atoms with Crippen LogP contribution in [-0.2, 0) is 20.9 Å². The van der Waals surface area contributed by atoms with E-state index in [1.54, 1.807) is 16.2 Å². The fourth-order valence-corrected chi connectivity index (χ4v) is 3.82. The fraction of sp³-hybridized carbons (Fsp3) is 0.421. The normalized spacial score (nSPS) is 20.5. The van der Waals surface area contributed by atoms with Gasteiger partial charge < -0.3 is 15.0 Å². The lowest BCUT2D eigenvalue weighted by atomic mass is 9.96. The first-order chi connectivity index (χ1) is 12.5. The number of rotatable bonds is 5. The van der Waals surface area contributed by atoms with Crippen LogP contribution in [0.5, 0.6) is 0 Å². The summed E-state index contributed by atoms with van der Waals surface area (Å²) in [6, 6.07) is 9.08. The molecule has 26 heavy (non-hydrogen) atoms. The Bertz CT molecular complexity index is 775. The number of nitrogens with zero attached hydrogens (tertiary/aromatic N) is 2. The van der Waals surface area contributed by atoms with E-state index in [0.717, 1.165) is 16.3 Å². The quantitative estimate of drug-likeness (QED) is 0.874. The third kappa shape index (κ3) is 3.94. The summed E-state index contributed by atoms with van der Waals surface area (Å²) >= 11 is 1.55. The molecule has 3 rings (SSSR count). The van der Waals surface area contributed by atoms with Crippen molar-refractivity contribution in [1.82, 2.24) is 15.2 Å². The van der Waals surface area contributed by atoms with Gasteiger partial charge in [0.25, 0.3) is 5.91 Å². The van der Waals surface area contributed by atoms with Crippen LogP contribution in [0.4, 0.5) is 0 Å². The van der Waals surface area contributed by atoms with Gasteiger partial charge in [-0.05, 0) is 26.3 Å². The molecule has 6 nitrogen and oxygen atoms in total. The SMILES string of the molecule is Cc1nc(CNC(=O)C2OCC(=O)N(C(C)C)C2c2ccccc2)cs1. The number of hydrogen-bond acceptors (Lipinski definition) is 5. The number of amides is 2. The van der Waals surface area contributed by atoms with E-state index in [2.05, 4.69) is 10.3 Å². The summed E-state index contributed by atoms with van der Waals surface area (Å²) in [6.45, 7) is 6.09. The summed E-state index contributed by atoms with van der Waals surface area (Å²) < 4.78 is 5.67. The number of carbonyl (C=O) groups excluding carboxylic acids is 2. The van der Waals surface area contributed by atoms with Crippen molar-refractivity contribution in [2.45, 2.75) is 45.5 Å². The molecule has 0 aliphatic carbocycles. The lowest BCUT2D eigenvalue weighted by Gasteiger charge is -2.42. The first kappa shape index (κ1) is 18.5. The lowest BCUT2D eigenvalue weighted by Crippen LogP contribution is -2.56. The van der Waals surface area contributed by atoms with Gasteiger partial charge in [-0.1, -0.05) is 30.3 Å². The second-order valence-corrected chi connectivity index (χ2v) is 7.62. The molecule has 2 aromatic rings. The van der Waals surface area contributed by atoms with Crippen molar-refractivity contribution in [2.24, 2.45) is 0 Å². The van der Waals surface area contributed by atoms with Gasteiger partial charge in [-0.2, -0.15) is 0 Å². The van der Waals surface area contributed by atoms with Crippen LogP contribution in [-0.4, -0.2) is 40.5 Å². The van der Waals surface area contributed by atoms with Gasteiger partial charge in [0, 0.05) is 11.4 Å². The topological polar surface area (TPSA) is 71.5 Å². The lowest BCUT2D eigenvalue weighted by molar-refractivity contribution is -0.167. The highest BCUT2D eigenvalue weighted by Gasteiger charge is 2.42. The number of nitrogens with one attached hydrogen (secondary N) is 1. The third-order valence-electron chi connectivity index (χ3n) is 4.33. The molecule has 2 amide bonds. The molecule has 1 N–H and O–H groups in total. The van der Waals surface area contributed by atoms with Crippen LogP contribution in [0.3, 0.4) is 0 Å². The predicted molar refractivity (Wildman–Crippen MR) is 99.6 cm³/mol. The average Bonchev–Trinajstić information content (AvgIpc) is 3.05.